The summed E-state index contributed by atoms with van der Waals surface area (Å²) in [6.07, 6.45) is 11.2. The van der Waals surface area contributed by atoms with Crippen LogP contribution in [0.2, 0.25) is 0 Å². The van der Waals surface area contributed by atoms with Crippen molar-refractivity contribution >= 4 is 5.69 Å². The number of unbranched alkanes of at least 4 members (excludes halogenated alkanes) is 1. The molecule has 1 fully saturated rings. The Hall–Kier alpha value is -1.24. The molecule has 1 saturated carbocycles. The van der Waals surface area contributed by atoms with E-state index in [1.54, 1.807) is 0 Å². The van der Waals surface area contributed by atoms with Gasteiger partial charge < -0.3 is 5.32 Å². The third-order valence-corrected chi connectivity index (χ3v) is 4.49. The Kier molecular flexibility index (Phi) is 3.40. The van der Waals surface area contributed by atoms with Crippen molar-refractivity contribution in [2.45, 2.75) is 45.1 Å². The molecule has 0 bridgehead atoms. The molecule has 96 valence electrons. The highest BCUT2D eigenvalue weighted by molar-refractivity contribution is 5.46. The van der Waals surface area contributed by atoms with Gasteiger partial charge in [-0.2, -0.15) is 0 Å². The van der Waals surface area contributed by atoms with Crippen LogP contribution in [0.25, 0.3) is 0 Å². The van der Waals surface area contributed by atoms with E-state index < -0.39 is 0 Å². The average molecular weight is 241 g/mol. The van der Waals surface area contributed by atoms with Gasteiger partial charge in [0.2, 0.25) is 0 Å². The number of benzene rings is 1. The molecular weight excluding hydrogens is 218 g/mol. The Labute approximate surface area is 110 Å². The normalized spacial score (nSPS) is 28.8. The van der Waals surface area contributed by atoms with Gasteiger partial charge in [-0.3, -0.25) is 0 Å². The maximum atomic E-state index is 3.68. The van der Waals surface area contributed by atoms with E-state index in [1.165, 1.54) is 43.4 Å². The van der Waals surface area contributed by atoms with Gasteiger partial charge >= 0.3 is 0 Å². The molecule has 18 heavy (non-hydrogen) atoms. The van der Waals surface area contributed by atoms with Crippen molar-refractivity contribution in [3.63, 3.8) is 0 Å². The summed E-state index contributed by atoms with van der Waals surface area (Å²) in [4.78, 5) is 0. The molecule has 2 aliphatic carbocycles. The largest absolute Gasteiger partial charge is 0.382 e. The fraction of sp³-hybridized carbons (Fsp3) is 0.529. The fourth-order valence-electron chi connectivity index (χ4n) is 3.25. The van der Waals surface area contributed by atoms with Crippen molar-refractivity contribution < 1.29 is 0 Å². The van der Waals surface area contributed by atoms with Gasteiger partial charge in [0.25, 0.3) is 0 Å². The fourth-order valence-corrected chi connectivity index (χ4v) is 3.25. The summed E-state index contributed by atoms with van der Waals surface area (Å²) >= 11 is 0. The summed E-state index contributed by atoms with van der Waals surface area (Å²) in [6, 6.07) is 9.72. The molecule has 1 N–H and O–H groups in total. The molecule has 0 radical (unpaired) electrons. The van der Waals surface area contributed by atoms with Crippen LogP contribution in [0, 0.1) is 11.8 Å². The van der Waals surface area contributed by atoms with E-state index in [0.717, 1.165) is 11.8 Å². The van der Waals surface area contributed by atoms with Crippen LogP contribution in [0.15, 0.2) is 36.4 Å². The maximum absolute atomic E-state index is 3.68. The molecule has 0 saturated heterocycles. The van der Waals surface area contributed by atoms with Crippen molar-refractivity contribution in [2.24, 2.45) is 11.8 Å². The monoisotopic (exact) mass is 241 g/mol. The van der Waals surface area contributed by atoms with Crippen LogP contribution >= 0.6 is 0 Å². The van der Waals surface area contributed by atoms with Gasteiger partial charge in [-0.1, -0.05) is 37.6 Å². The maximum Gasteiger partial charge on any atom is 0.0342 e. The minimum Gasteiger partial charge on any atom is -0.382 e. The predicted octanol–water partition coefficient (Wildman–Crippen LogP) is 4.41. The smallest absolute Gasteiger partial charge is 0.0342 e. The van der Waals surface area contributed by atoms with E-state index in [9.17, 15) is 0 Å². The van der Waals surface area contributed by atoms with E-state index in [1.807, 2.05) is 0 Å². The third-order valence-electron chi connectivity index (χ3n) is 4.49. The standard InChI is InChI=1S/C17H23N/c1-2-3-5-13-8-10-15(11-9-13)18-17-12-14-6-4-7-16(14)17/h4,7-11,14,16-18H,2-3,5-6,12H2,1H3. The zero-order valence-corrected chi connectivity index (χ0v) is 11.2. The quantitative estimate of drug-likeness (QED) is 0.753. The van der Waals surface area contributed by atoms with Crippen LogP contribution < -0.4 is 5.32 Å². The Bertz CT molecular complexity index is 418. The first-order chi connectivity index (χ1) is 8.86. The number of nitrogens with one attached hydrogen (secondary N) is 1. The second-order valence-electron chi connectivity index (χ2n) is 5.79. The van der Waals surface area contributed by atoms with Gasteiger partial charge in [-0.05, 0) is 49.3 Å². The first kappa shape index (κ1) is 11.8. The van der Waals surface area contributed by atoms with Crippen molar-refractivity contribution in [2.75, 3.05) is 5.32 Å². The highest BCUT2D eigenvalue weighted by Gasteiger charge is 2.40. The molecule has 3 atom stereocenters. The number of hydrogen-bond acceptors (Lipinski definition) is 1. The van der Waals surface area contributed by atoms with Gasteiger partial charge in [0.1, 0.15) is 0 Å². The predicted molar refractivity (Wildman–Crippen MR) is 77.8 cm³/mol. The van der Waals surface area contributed by atoms with Crippen molar-refractivity contribution in [1.82, 2.24) is 0 Å². The van der Waals surface area contributed by atoms with Crippen molar-refractivity contribution in [3.05, 3.63) is 42.0 Å². The van der Waals surface area contributed by atoms with Crippen LogP contribution in [0.3, 0.4) is 0 Å². The molecular formula is C17H23N. The molecule has 0 amide bonds. The van der Waals surface area contributed by atoms with Crippen LogP contribution in [-0.2, 0) is 6.42 Å². The Balaban J connectivity index is 1.55. The third kappa shape index (κ3) is 2.31. The Morgan fingerprint density at radius 2 is 2.06 bits per heavy atom. The molecule has 1 heteroatoms. The van der Waals surface area contributed by atoms with E-state index in [2.05, 4.69) is 48.7 Å². The summed E-state index contributed by atoms with van der Waals surface area (Å²) in [7, 11) is 0. The molecule has 3 unspecified atom stereocenters. The Morgan fingerprint density at radius 3 is 2.78 bits per heavy atom. The van der Waals surface area contributed by atoms with E-state index in [0.29, 0.717) is 6.04 Å². The second kappa shape index (κ2) is 5.17. The first-order valence-corrected chi connectivity index (χ1v) is 7.39. The lowest BCUT2D eigenvalue weighted by Gasteiger charge is -2.41. The number of allylic oxidation sites excluding steroid dienone is 1. The molecule has 1 nitrogen and oxygen atoms in total. The lowest BCUT2D eigenvalue weighted by molar-refractivity contribution is 0.218. The van der Waals surface area contributed by atoms with Gasteiger partial charge in [-0.25, -0.2) is 0 Å². The van der Waals surface area contributed by atoms with E-state index in [-0.39, 0.29) is 0 Å². The second-order valence-corrected chi connectivity index (χ2v) is 5.79. The van der Waals surface area contributed by atoms with Gasteiger partial charge in [0, 0.05) is 17.6 Å². The zero-order valence-electron chi connectivity index (χ0n) is 11.2. The van der Waals surface area contributed by atoms with E-state index >= 15 is 0 Å². The first-order valence-electron chi connectivity index (χ1n) is 7.39. The SMILES string of the molecule is CCCCc1ccc(NC2CC3CC=CC32)cc1. The number of fused-ring (bicyclic) bond motifs is 1. The molecule has 0 aliphatic heterocycles. The van der Waals surface area contributed by atoms with Crippen LogP contribution in [-0.4, -0.2) is 6.04 Å². The highest BCUT2D eigenvalue weighted by atomic mass is 14.9. The van der Waals surface area contributed by atoms with E-state index in [4.69, 9.17) is 0 Å². The summed E-state index contributed by atoms with van der Waals surface area (Å²) in [6.45, 7) is 2.25. The Morgan fingerprint density at radius 1 is 1.22 bits per heavy atom. The molecule has 0 aromatic heterocycles. The topological polar surface area (TPSA) is 12.0 Å². The van der Waals surface area contributed by atoms with Crippen molar-refractivity contribution in [3.8, 4) is 0 Å². The molecule has 2 aliphatic rings. The summed E-state index contributed by atoms with van der Waals surface area (Å²) in [5.41, 5.74) is 2.76. The minimum absolute atomic E-state index is 0.676. The molecule has 1 aromatic rings. The molecule has 3 rings (SSSR count). The molecule has 0 spiro atoms. The number of anilines is 1. The average Bonchev–Trinajstić information content (AvgIpc) is 2.76. The summed E-state index contributed by atoms with van der Waals surface area (Å²) < 4.78 is 0. The molecule has 1 aromatic carbocycles. The lowest BCUT2D eigenvalue weighted by Crippen LogP contribution is -2.43. The van der Waals surface area contributed by atoms with Crippen molar-refractivity contribution in [1.29, 1.82) is 0 Å². The summed E-state index contributed by atoms with van der Waals surface area (Å²) in [5.74, 6) is 1.73. The minimum atomic E-state index is 0.676. The number of hydrogen-bond donors (Lipinski definition) is 1. The summed E-state index contributed by atoms with van der Waals surface area (Å²) in [5, 5.41) is 3.68. The van der Waals surface area contributed by atoms with Gasteiger partial charge in [0.15, 0.2) is 0 Å². The zero-order chi connectivity index (χ0) is 12.4. The number of aryl methyl sites for hydroxylation is 1. The van der Waals surface area contributed by atoms with Crippen LogP contribution in [0.4, 0.5) is 5.69 Å². The number of rotatable bonds is 5. The van der Waals surface area contributed by atoms with Crippen LogP contribution in [0.1, 0.15) is 38.2 Å². The van der Waals surface area contributed by atoms with Gasteiger partial charge in [0.05, 0.1) is 0 Å². The van der Waals surface area contributed by atoms with Crippen LogP contribution in [0.5, 0.6) is 0 Å². The highest BCUT2D eigenvalue weighted by Crippen LogP contribution is 2.43. The van der Waals surface area contributed by atoms with Gasteiger partial charge in [-0.15, -0.1) is 0 Å². The molecule has 0 heterocycles. The lowest BCUT2D eigenvalue weighted by atomic mass is 9.71.